The monoisotopic (exact) mass is 289 g/mol. The number of anilines is 1. The Morgan fingerprint density at radius 2 is 1.85 bits per heavy atom. The van der Waals surface area contributed by atoms with Crippen molar-refractivity contribution in [3.05, 3.63) is 64.7 Å². The van der Waals surface area contributed by atoms with Gasteiger partial charge in [0.25, 0.3) is 5.91 Å². The van der Waals surface area contributed by atoms with Gasteiger partial charge in [-0.25, -0.2) is 4.79 Å². The van der Waals surface area contributed by atoms with Crippen molar-refractivity contribution in [3.8, 4) is 0 Å². The first kappa shape index (κ1) is 14.1. The molecule has 0 spiro atoms. The van der Waals surface area contributed by atoms with Gasteiger partial charge in [0.1, 0.15) is 0 Å². The molecule has 2 aromatic carbocycles. The Morgan fingerprint density at radius 3 is 2.55 bits per heavy atom. The summed E-state index contributed by atoms with van der Waals surface area (Å²) in [5.41, 5.74) is 1.24. The smallest absolute Gasteiger partial charge is 0.337 e. The lowest BCUT2D eigenvalue weighted by Crippen LogP contribution is -2.13. The van der Waals surface area contributed by atoms with E-state index in [-0.39, 0.29) is 5.91 Å². The van der Waals surface area contributed by atoms with Gasteiger partial charge in [-0.15, -0.1) is 0 Å². The van der Waals surface area contributed by atoms with Gasteiger partial charge in [0.2, 0.25) is 0 Å². The Morgan fingerprint density at radius 1 is 1.10 bits per heavy atom. The third kappa shape index (κ3) is 3.16. The number of hydrogen-bond donors (Lipinski definition) is 1. The maximum Gasteiger partial charge on any atom is 0.337 e. The van der Waals surface area contributed by atoms with E-state index in [1.165, 1.54) is 7.11 Å². The second-order valence-electron chi connectivity index (χ2n) is 4.01. The Labute approximate surface area is 121 Å². The van der Waals surface area contributed by atoms with Crippen LogP contribution in [0, 0.1) is 0 Å². The van der Waals surface area contributed by atoms with Gasteiger partial charge in [-0.05, 0) is 30.3 Å². The molecule has 2 rings (SSSR count). The largest absolute Gasteiger partial charge is 0.465 e. The Hall–Kier alpha value is -2.33. The molecule has 0 atom stereocenters. The molecule has 102 valence electrons. The number of benzene rings is 2. The Kier molecular flexibility index (Phi) is 4.38. The molecule has 20 heavy (non-hydrogen) atoms. The summed E-state index contributed by atoms with van der Waals surface area (Å²) in [5.74, 6) is -0.795. The predicted molar refractivity (Wildman–Crippen MR) is 77.2 cm³/mol. The van der Waals surface area contributed by atoms with E-state index in [0.717, 1.165) is 0 Å². The summed E-state index contributed by atoms with van der Waals surface area (Å²) in [6, 6.07) is 13.2. The molecule has 0 aromatic heterocycles. The van der Waals surface area contributed by atoms with Gasteiger partial charge in [-0.3, -0.25) is 4.79 Å². The van der Waals surface area contributed by atoms with E-state index >= 15 is 0 Å². The van der Waals surface area contributed by atoms with Crippen LogP contribution in [0.1, 0.15) is 20.7 Å². The highest BCUT2D eigenvalue weighted by Crippen LogP contribution is 2.18. The van der Waals surface area contributed by atoms with Crippen molar-refractivity contribution in [1.29, 1.82) is 0 Å². The predicted octanol–water partition coefficient (Wildman–Crippen LogP) is 3.38. The molecule has 0 fully saturated rings. The van der Waals surface area contributed by atoms with Crippen molar-refractivity contribution in [2.45, 2.75) is 0 Å². The fourth-order valence-corrected chi connectivity index (χ4v) is 1.91. The van der Waals surface area contributed by atoms with Gasteiger partial charge in [-0.1, -0.05) is 29.8 Å². The molecule has 0 unspecified atom stereocenters. The van der Waals surface area contributed by atoms with Crippen molar-refractivity contribution in [1.82, 2.24) is 0 Å². The highest BCUT2D eigenvalue weighted by atomic mass is 35.5. The van der Waals surface area contributed by atoms with Gasteiger partial charge >= 0.3 is 5.97 Å². The third-order valence-electron chi connectivity index (χ3n) is 2.66. The minimum atomic E-state index is -0.459. The van der Waals surface area contributed by atoms with Crippen LogP contribution in [-0.2, 0) is 4.74 Å². The third-order valence-corrected chi connectivity index (χ3v) is 2.99. The number of methoxy groups -OCH3 is 1. The zero-order valence-corrected chi connectivity index (χ0v) is 11.5. The number of ether oxygens (including phenoxy) is 1. The molecule has 0 aliphatic rings. The van der Waals surface area contributed by atoms with Gasteiger partial charge in [0, 0.05) is 5.69 Å². The molecule has 2 aromatic rings. The number of rotatable bonds is 3. The molecule has 0 aliphatic heterocycles. The minimum Gasteiger partial charge on any atom is -0.465 e. The number of carbonyl (C=O) groups is 2. The Bertz CT molecular complexity index is 655. The van der Waals surface area contributed by atoms with Gasteiger partial charge < -0.3 is 10.1 Å². The lowest BCUT2D eigenvalue weighted by atomic mass is 10.1. The average molecular weight is 290 g/mol. The van der Waals surface area contributed by atoms with Gasteiger partial charge in [0.05, 0.1) is 23.3 Å². The number of hydrogen-bond acceptors (Lipinski definition) is 3. The van der Waals surface area contributed by atoms with Crippen LogP contribution in [-0.4, -0.2) is 19.0 Å². The van der Waals surface area contributed by atoms with Crippen molar-refractivity contribution in [2.75, 3.05) is 12.4 Å². The first-order valence-electron chi connectivity index (χ1n) is 5.86. The fourth-order valence-electron chi connectivity index (χ4n) is 1.69. The van der Waals surface area contributed by atoms with Crippen LogP contribution in [0.5, 0.6) is 0 Å². The van der Waals surface area contributed by atoms with E-state index < -0.39 is 5.97 Å². The lowest BCUT2D eigenvalue weighted by molar-refractivity contribution is 0.0600. The molecule has 0 aliphatic carbocycles. The van der Waals surface area contributed by atoms with E-state index in [4.69, 9.17) is 11.6 Å². The standard InChI is InChI=1S/C15H12ClNO3/c1-20-15(19)10-5-4-6-11(9-10)17-14(18)12-7-2-3-8-13(12)16/h2-9H,1H3,(H,17,18). The second-order valence-corrected chi connectivity index (χ2v) is 4.41. The first-order valence-corrected chi connectivity index (χ1v) is 6.24. The summed E-state index contributed by atoms with van der Waals surface area (Å²) in [5, 5.41) is 3.06. The van der Waals surface area contributed by atoms with Crippen LogP contribution >= 0.6 is 11.6 Å². The molecule has 0 bridgehead atoms. The van der Waals surface area contributed by atoms with Gasteiger partial charge in [-0.2, -0.15) is 0 Å². The van der Waals surface area contributed by atoms with E-state index in [2.05, 4.69) is 10.1 Å². The molecule has 1 amide bonds. The molecule has 1 N–H and O–H groups in total. The van der Waals surface area contributed by atoms with Crippen molar-refractivity contribution >= 4 is 29.2 Å². The zero-order valence-electron chi connectivity index (χ0n) is 10.7. The molecule has 0 heterocycles. The summed E-state index contributed by atoms with van der Waals surface area (Å²) >= 11 is 5.95. The summed E-state index contributed by atoms with van der Waals surface area (Å²) in [6.07, 6.45) is 0. The van der Waals surface area contributed by atoms with Crippen molar-refractivity contribution < 1.29 is 14.3 Å². The molecule has 0 saturated heterocycles. The van der Waals surface area contributed by atoms with Crippen LogP contribution < -0.4 is 5.32 Å². The van der Waals surface area contributed by atoms with Crippen molar-refractivity contribution in [2.24, 2.45) is 0 Å². The van der Waals surface area contributed by atoms with Crippen LogP contribution in [0.2, 0.25) is 5.02 Å². The molecular formula is C15H12ClNO3. The van der Waals surface area contributed by atoms with Crippen molar-refractivity contribution in [3.63, 3.8) is 0 Å². The van der Waals surface area contributed by atoms with E-state index in [0.29, 0.717) is 21.8 Å². The zero-order chi connectivity index (χ0) is 14.5. The average Bonchev–Trinajstić information content (AvgIpc) is 2.47. The first-order chi connectivity index (χ1) is 9.61. The maximum atomic E-state index is 12.1. The highest BCUT2D eigenvalue weighted by Gasteiger charge is 2.11. The fraction of sp³-hybridized carbons (Fsp3) is 0.0667. The van der Waals surface area contributed by atoms with E-state index in [9.17, 15) is 9.59 Å². The summed E-state index contributed by atoms with van der Waals surface area (Å²) in [6.45, 7) is 0. The normalized spacial score (nSPS) is 9.90. The molecular weight excluding hydrogens is 278 g/mol. The highest BCUT2D eigenvalue weighted by molar-refractivity contribution is 6.34. The summed E-state index contributed by atoms with van der Waals surface area (Å²) in [4.78, 5) is 23.5. The maximum absolute atomic E-state index is 12.1. The number of carbonyl (C=O) groups excluding carboxylic acids is 2. The lowest BCUT2D eigenvalue weighted by Gasteiger charge is -2.07. The van der Waals surface area contributed by atoms with Gasteiger partial charge in [0.15, 0.2) is 0 Å². The number of nitrogens with one attached hydrogen (secondary N) is 1. The van der Waals surface area contributed by atoms with Crippen LogP contribution in [0.15, 0.2) is 48.5 Å². The number of amides is 1. The molecule has 0 radical (unpaired) electrons. The minimum absolute atomic E-state index is 0.336. The molecule has 4 nitrogen and oxygen atoms in total. The van der Waals surface area contributed by atoms with E-state index in [1.807, 2.05) is 0 Å². The van der Waals surface area contributed by atoms with Crippen LogP contribution in [0.4, 0.5) is 5.69 Å². The SMILES string of the molecule is COC(=O)c1cccc(NC(=O)c2ccccc2Cl)c1. The molecule has 0 saturated carbocycles. The number of halogens is 1. The second kappa shape index (κ2) is 6.21. The van der Waals surface area contributed by atoms with Crippen LogP contribution in [0.3, 0.4) is 0 Å². The summed E-state index contributed by atoms with van der Waals surface area (Å²) < 4.78 is 4.63. The Balaban J connectivity index is 2.20. The molecule has 5 heteroatoms. The quantitative estimate of drug-likeness (QED) is 0.881. The number of esters is 1. The van der Waals surface area contributed by atoms with E-state index in [1.54, 1.807) is 48.5 Å². The van der Waals surface area contributed by atoms with Crippen LogP contribution in [0.25, 0.3) is 0 Å². The topological polar surface area (TPSA) is 55.4 Å². The summed E-state index contributed by atoms with van der Waals surface area (Å²) in [7, 11) is 1.30.